The molecular weight excluding hydrogens is 721 g/mol. The fourth-order valence-electron chi connectivity index (χ4n) is 7.05. The number of hydrogen-bond donors (Lipinski definition) is 0. The molecule has 0 saturated heterocycles. The Hall–Kier alpha value is -2.37. The van der Waals surface area contributed by atoms with Gasteiger partial charge in [0.25, 0.3) is 0 Å². The lowest BCUT2D eigenvalue weighted by atomic mass is 10.1. The molecule has 0 aliphatic heterocycles. The van der Waals surface area contributed by atoms with Crippen LogP contribution < -0.4 is 0 Å². The van der Waals surface area contributed by atoms with Crippen molar-refractivity contribution >= 4 is 17.9 Å². The van der Waals surface area contributed by atoms with Gasteiger partial charge in [-0.1, -0.05) is 198 Å². The van der Waals surface area contributed by atoms with E-state index in [0.717, 1.165) is 77.0 Å². The van der Waals surface area contributed by atoms with E-state index in [4.69, 9.17) is 14.2 Å². The molecule has 0 heterocycles. The standard InChI is InChI=1S/C52H94O6/c1-4-7-10-13-16-19-22-24-25-26-27-29-30-33-36-39-42-45-51(54)57-48-49(47-56-50(53)44-41-38-35-32-21-18-15-12-9-6-3)58-52(55)46-43-40-37-34-31-28-23-20-17-14-11-8-5-2/h16,19-20,23-25,49H,4-15,17-18,21-22,26-48H2,1-3H3/b19-16-,23-20-,25-24-/t49-/m1/s1. The molecule has 0 saturated carbocycles. The summed E-state index contributed by atoms with van der Waals surface area (Å²) in [6.45, 7) is 6.58. The van der Waals surface area contributed by atoms with E-state index in [0.29, 0.717) is 19.3 Å². The first-order valence-electron chi connectivity index (χ1n) is 25.0. The fourth-order valence-corrected chi connectivity index (χ4v) is 7.05. The third-order valence-corrected chi connectivity index (χ3v) is 10.9. The predicted molar refractivity (Wildman–Crippen MR) is 247 cm³/mol. The summed E-state index contributed by atoms with van der Waals surface area (Å²) < 4.78 is 16.7. The second kappa shape index (κ2) is 47.3. The van der Waals surface area contributed by atoms with Crippen molar-refractivity contribution in [3.05, 3.63) is 36.5 Å². The number of rotatable bonds is 45. The fraction of sp³-hybridized carbons (Fsp3) is 0.827. The highest BCUT2D eigenvalue weighted by Crippen LogP contribution is 2.14. The third kappa shape index (κ3) is 44.7. The van der Waals surface area contributed by atoms with E-state index in [1.807, 2.05) is 0 Å². The molecule has 58 heavy (non-hydrogen) atoms. The SMILES string of the molecule is CCCCC/C=C\C/C=C\CCCCCCCCCC(=O)OC[C@@H](COC(=O)CCCCCCCCCCCC)OC(=O)CCCCCCC/C=C\CCCCCC. The van der Waals surface area contributed by atoms with Crippen molar-refractivity contribution in [2.75, 3.05) is 13.2 Å². The Labute approximate surface area is 359 Å². The molecule has 0 aromatic carbocycles. The van der Waals surface area contributed by atoms with Crippen molar-refractivity contribution < 1.29 is 28.6 Å². The topological polar surface area (TPSA) is 78.9 Å². The van der Waals surface area contributed by atoms with Crippen LogP contribution in [0.5, 0.6) is 0 Å². The largest absolute Gasteiger partial charge is 0.462 e. The lowest BCUT2D eigenvalue weighted by molar-refractivity contribution is -0.167. The molecule has 0 unspecified atom stereocenters. The summed E-state index contributed by atoms with van der Waals surface area (Å²) in [6, 6.07) is 0. The predicted octanol–water partition coefficient (Wildman–Crippen LogP) is 16.1. The van der Waals surface area contributed by atoms with Crippen LogP contribution in [0.1, 0.15) is 258 Å². The Morgan fingerprint density at radius 3 is 1.02 bits per heavy atom. The second-order valence-corrected chi connectivity index (χ2v) is 16.7. The summed E-state index contributed by atoms with van der Waals surface area (Å²) in [6.07, 6.45) is 54.1. The first kappa shape index (κ1) is 55.6. The number of unbranched alkanes of at least 4 members (excludes halogenated alkanes) is 28. The molecule has 0 rings (SSSR count). The van der Waals surface area contributed by atoms with Crippen LogP contribution in [0.25, 0.3) is 0 Å². The Balaban J connectivity index is 4.34. The summed E-state index contributed by atoms with van der Waals surface area (Å²) in [5.41, 5.74) is 0. The van der Waals surface area contributed by atoms with Crippen LogP contribution in [0.3, 0.4) is 0 Å². The van der Waals surface area contributed by atoms with Gasteiger partial charge in [-0.25, -0.2) is 0 Å². The number of carbonyl (C=O) groups is 3. The minimum Gasteiger partial charge on any atom is -0.462 e. The Morgan fingerprint density at radius 1 is 0.345 bits per heavy atom. The normalized spacial score (nSPS) is 12.3. The van der Waals surface area contributed by atoms with Crippen LogP contribution in [0.4, 0.5) is 0 Å². The highest BCUT2D eigenvalue weighted by atomic mass is 16.6. The molecule has 0 aromatic rings. The molecule has 0 fully saturated rings. The van der Waals surface area contributed by atoms with E-state index < -0.39 is 6.10 Å². The van der Waals surface area contributed by atoms with E-state index in [2.05, 4.69) is 57.2 Å². The van der Waals surface area contributed by atoms with Gasteiger partial charge in [-0.2, -0.15) is 0 Å². The number of carbonyl (C=O) groups excluding carboxylic acids is 3. The van der Waals surface area contributed by atoms with Crippen molar-refractivity contribution in [3.63, 3.8) is 0 Å². The van der Waals surface area contributed by atoms with E-state index >= 15 is 0 Å². The first-order valence-corrected chi connectivity index (χ1v) is 25.0. The van der Waals surface area contributed by atoms with Crippen molar-refractivity contribution in [1.29, 1.82) is 0 Å². The van der Waals surface area contributed by atoms with Crippen LogP contribution >= 0.6 is 0 Å². The van der Waals surface area contributed by atoms with Gasteiger partial charge in [-0.3, -0.25) is 14.4 Å². The zero-order chi connectivity index (χ0) is 42.3. The Bertz CT molecular complexity index is 984. The second-order valence-electron chi connectivity index (χ2n) is 16.7. The van der Waals surface area contributed by atoms with Crippen molar-refractivity contribution in [1.82, 2.24) is 0 Å². The maximum Gasteiger partial charge on any atom is 0.306 e. The highest BCUT2D eigenvalue weighted by Gasteiger charge is 2.19. The monoisotopic (exact) mass is 815 g/mol. The number of ether oxygens (including phenoxy) is 3. The lowest BCUT2D eigenvalue weighted by Crippen LogP contribution is -2.30. The quantitative estimate of drug-likeness (QED) is 0.0264. The van der Waals surface area contributed by atoms with Gasteiger partial charge >= 0.3 is 17.9 Å². The van der Waals surface area contributed by atoms with Gasteiger partial charge in [0.05, 0.1) is 0 Å². The summed E-state index contributed by atoms with van der Waals surface area (Å²) in [7, 11) is 0. The average molecular weight is 815 g/mol. The molecule has 6 heteroatoms. The molecule has 338 valence electrons. The van der Waals surface area contributed by atoms with E-state index in [-0.39, 0.29) is 31.1 Å². The van der Waals surface area contributed by atoms with Crippen LogP contribution in [0, 0.1) is 0 Å². The molecule has 0 spiro atoms. The molecule has 0 bridgehead atoms. The van der Waals surface area contributed by atoms with Crippen LogP contribution in [-0.2, 0) is 28.6 Å². The minimum atomic E-state index is -0.774. The zero-order valence-corrected chi connectivity index (χ0v) is 38.6. The van der Waals surface area contributed by atoms with Crippen LogP contribution in [0.2, 0.25) is 0 Å². The molecule has 0 aliphatic carbocycles. The number of allylic oxidation sites excluding steroid dienone is 6. The maximum absolute atomic E-state index is 12.7. The van der Waals surface area contributed by atoms with E-state index in [9.17, 15) is 14.4 Å². The van der Waals surface area contributed by atoms with E-state index in [1.165, 1.54) is 141 Å². The lowest BCUT2D eigenvalue weighted by Gasteiger charge is -2.18. The molecule has 1 atom stereocenters. The summed E-state index contributed by atoms with van der Waals surface area (Å²) in [5.74, 6) is -0.888. The first-order chi connectivity index (χ1) is 28.5. The molecule has 0 aromatic heterocycles. The molecule has 6 nitrogen and oxygen atoms in total. The number of esters is 3. The smallest absolute Gasteiger partial charge is 0.306 e. The van der Waals surface area contributed by atoms with Crippen molar-refractivity contribution in [3.8, 4) is 0 Å². The van der Waals surface area contributed by atoms with Gasteiger partial charge in [0, 0.05) is 19.3 Å². The van der Waals surface area contributed by atoms with Gasteiger partial charge in [0.1, 0.15) is 13.2 Å². The highest BCUT2D eigenvalue weighted by molar-refractivity contribution is 5.71. The molecule has 0 N–H and O–H groups in total. The Morgan fingerprint density at radius 2 is 0.621 bits per heavy atom. The van der Waals surface area contributed by atoms with Gasteiger partial charge in [0.2, 0.25) is 0 Å². The van der Waals surface area contributed by atoms with Crippen LogP contribution in [0.15, 0.2) is 36.5 Å². The zero-order valence-electron chi connectivity index (χ0n) is 38.6. The molecular formula is C52H94O6. The van der Waals surface area contributed by atoms with Gasteiger partial charge < -0.3 is 14.2 Å². The molecule has 0 amide bonds. The van der Waals surface area contributed by atoms with Gasteiger partial charge in [-0.05, 0) is 77.0 Å². The van der Waals surface area contributed by atoms with Gasteiger partial charge in [-0.15, -0.1) is 0 Å². The molecule has 0 radical (unpaired) electrons. The van der Waals surface area contributed by atoms with Crippen LogP contribution in [-0.4, -0.2) is 37.2 Å². The minimum absolute atomic E-state index is 0.0757. The summed E-state index contributed by atoms with van der Waals surface area (Å²) in [5, 5.41) is 0. The summed E-state index contributed by atoms with van der Waals surface area (Å²) in [4.78, 5) is 37.8. The maximum atomic E-state index is 12.7. The molecule has 0 aliphatic rings. The third-order valence-electron chi connectivity index (χ3n) is 10.9. The Kier molecular flexibility index (Phi) is 45.4. The van der Waals surface area contributed by atoms with E-state index in [1.54, 1.807) is 0 Å². The van der Waals surface area contributed by atoms with Gasteiger partial charge in [0.15, 0.2) is 6.10 Å². The average Bonchev–Trinajstić information content (AvgIpc) is 3.22. The summed E-state index contributed by atoms with van der Waals surface area (Å²) >= 11 is 0. The number of hydrogen-bond acceptors (Lipinski definition) is 6. The van der Waals surface area contributed by atoms with Crippen molar-refractivity contribution in [2.24, 2.45) is 0 Å². The van der Waals surface area contributed by atoms with Crippen molar-refractivity contribution in [2.45, 2.75) is 264 Å².